The van der Waals surface area contributed by atoms with Gasteiger partial charge in [0.05, 0.1) is 23.0 Å². The van der Waals surface area contributed by atoms with Crippen molar-refractivity contribution in [3.05, 3.63) is 159 Å². The summed E-state index contributed by atoms with van der Waals surface area (Å²) >= 11 is 0. The zero-order valence-electron chi connectivity index (χ0n) is 43.0. The fourth-order valence-electron chi connectivity index (χ4n) is 11.0. The first kappa shape index (κ1) is 55.4. The van der Waals surface area contributed by atoms with Crippen molar-refractivity contribution in [1.29, 1.82) is 0 Å². The molecule has 3 heterocycles. The number of rotatable bonds is 9. The van der Waals surface area contributed by atoms with Crippen LogP contribution in [-0.4, -0.2) is 127 Å². The molecule has 438 valence electrons. The maximum absolute atomic E-state index is 14.6. The second-order valence-corrected chi connectivity index (χ2v) is 20.1. The molecule has 0 aliphatic carbocycles. The highest BCUT2D eigenvalue weighted by Gasteiger charge is 2.52. The second-order valence-electron chi connectivity index (χ2n) is 20.1. The molecule has 8 aromatic carbocycles. The molecule has 0 spiro atoms. The van der Waals surface area contributed by atoms with Crippen LogP contribution in [0.2, 0.25) is 0 Å². The molecule has 0 saturated carbocycles. The highest BCUT2D eigenvalue weighted by molar-refractivity contribution is 5.92. The standard InChI is InChI=1S/C59H46O26/c60-24-14-32(67)43-41(15-24)82-54(20-2-5-27(62)30(65)8-20)52(78)47(43)45-33(68)17-34(69)46-48(57(85-59(80)23-12-38(73)51(77)39(74)13-23)55(84-56(45)46)21-3-6-28(63)31(66)9-21)44-35(70)18-40-25(49(44)75)16-42(53(81-40)19-1-4-26(61)29(64)7-19)83-58(79)22-10-36(71)50(76)37(72)11-22/h1-15,17-18,42,47-48,52-55,57,60-78H,16H2/t42-,47-,48+,52-,53-,54-,55-,57-/m1/s1. The number of aliphatic hydroxyl groups is 1. The number of aromatic hydroxyl groups is 18. The molecule has 3 aliphatic heterocycles. The molecule has 26 heteroatoms. The molecule has 11 rings (SSSR count). The van der Waals surface area contributed by atoms with Crippen LogP contribution in [0.5, 0.6) is 121 Å². The number of phenols is 18. The second kappa shape index (κ2) is 20.5. The van der Waals surface area contributed by atoms with E-state index in [-0.39, 0.29) is 39.3 Å². The van der Waals surface area contributed by atoms with E-state index < -0.39 is 204 Å². The lowest BCUT2D eigenvalue weighted by Crippen LogP contribution is -2.40. The molecule has 3 aliphatic rings. The Balaban J connectivity index is 1.17. The Morgan fingerprint density at radius 2 is 0.824 bits per heavy atom. The van der Waals surface area contributed by atoms with Crippen LogP contribution in [0.1, 0.15) is 95.4 Å². The number of ether oxygens (including phenoxy) is 5. The molecular formula is C59H46O26. The lowest BCUT2D eigenvalue weighted by atomic mass is 9.73. The van der Waals surface area contributed by atoms with Crippen LogP contribution < -0.4 is 14.2 Å². The number of carbonyl (C=O) groups is 2. The Morgan fingerprint density at radius 3 is 1.34 bits per heavy atom. The summed E-state index contributed by atoms with van der Waals surface area (Å²) in [4.78, 5) is 28.5. The summed E-state index contributed by atoms with van der Waals surface area (Å²) < 4.78 is 31.2. The zero-order chi connectivity index (χ0) is 60.9. The van der Waals surface area contributed by atoms with Crippen LogP contribution in [0.4, 0.5) is 0 Å². The van der Waals surface area contributed by atoms with Gasteiger partial charge < -0.3 is 121 Å². The Bertz CT molecular complexity index is 4060. The van der Waals surface area contributed by atoms with E-state index in [2.05, 4.69) is 0 Å². The normalized spacial score (nSPS) is 20.3. The third kappa shape index (κ3) is 9.42. The minimum absolute atomic E-state index is 0.00895. The molecule has 8 atom stereocenters. The van der Waals surface area contributed by atoms with Gasteiger partial charge in [0, 0.05) is 69.6 Å². The van der Waals surface area contributed by atoms with Crippen LogP contribution in [-0.2, 0) is 15.9 Å². The van der Waals surface area contributed by atoms with E-state index in [1.807, 2.05) is 0 Å². The van der Waals surface area contributed by atoms with Crippen molar-refractivity contribution in [2.45, 2.75) is 54.9 Å². The van der Waals surface area contributed by atoms with Gasteiger partial charge in [-0.3, -0.25) is 0 Å². The van der Waals surface area contributed by atoms with Gasteiger partial charge in [0.2, 0.25) is 0 Å². The largest absolute Gasteiger partial charge is 0.508 e. The first-order valence-corrected chi connectivity index (χ1v) is 25.2. The topological polar surface area (TPSA) is 465 Å². The average Bonchev–Trinajstić information content (AvgIpc) is 0.836. The predicted octanol–water partition coefficient (Wildman–Crippen LogP) is 6.41. The van der Waals surface area contributed by atoms with Crippen molar-refractivity contribution in [3.63, 3.8) is 0 Å². The van der Waals surface area contributed by atoms with Crippen LogP contribution in [0.15, 0.2) is 103 Å². The van der Waals surface area contributed by atoms with E-state index in [0.717, 1.165) is 72.8 Å². The third-order valence-electron chi connectivity index (χ3n) is 14.9. The highest BCUT2D eigenvalue weighted by Crippen LogP contribution is 2.63. The maximum atomic E-state index is 14.6. The zero-order valence-corrected chi connectivity index (χ0v) is 43.0. The van der Waals surface area contributed by atoms with E-state index >= 15 is 0 Å². The summed E-state index contributed by atoms with van der Waals surface area (Å²) in [5.41, 5.74) is -4.11. The summed E-state index contributed by atoms with van der Waals surface area (Å²) in [6.45, 7) is 0. The van der Waals surface area contributed by atoms with Crippen LogP contribution in [0.25, 0.3) is 0 Å². The summed E-state index contributed by atoms with van der Waals surface area (Å²) in [6.07, 6.45) is -11.6. The van der Waals surface area contributed by atoms with Gasteiger partial charge in [0.15, 0.2) is 93.4 Å². The fraction of sp³-hybridized carbons (Fsp3) is 0.153. The SMILES string of the molecule is O=C(O[C@@H]1[C@@H](c2c(O)cc3c(c2O)C[C@@H](OC(=O)c2cc(O)c(O)c(O)c2)[C@@H](c2ccc(O)c(O)c2)O3)c2c(O)cc(O)c([C@H]3c4c(O)cc(O)cc4O[C@H](c4ccc(O)c(O)c4)[C@@H]3O)c2O[C@@H]1c1ccc(O)c(O)c1)c1cc(O)c(O)c(O)c1. The lowest BCUT2D eigenvalue weighted by molar-refractivity contribution is -0.0294. The first-order valence-electron chi connectivity index (χ1n) is 25.2. The van der Waals surface area contributed by atoms with Crippen molar-refractivity contribution in [2.24, 2.45) is 0 Å². The molecule has 19 N–H and O–H groups in total. The Labute approximate surface area is 475 Å². The number of fused-ring (bicyclic) bond motifs is 3. The van der Waals surface area contributed by atoms with Gasteiger partial charge in [-0.1, -0.05) is 18.2 Å². The van der Waals surface area contributed by atoms with Crippen molar-refractivity contribution in [1.82, 2.24) is 0 Å². The third-order valence-corrected chi connectivity index (χ3v) is 14.9. The Kier molecular flexibility index (Phi) is 13.3. The first-order chi connectivity index (χ1) is 40.3. The van der Waals surface area contributed by atoms with Crippen molar-refractivity contribution < 1.29 is 130 Å². The number of esters is 2. The number of phenolic OH excluding ortho intramolecular Hbond substituents is 18. The van der Waals surface area contributed by atoms with Gasteiger partial charge in [-0.2, -0.15) is 0 Å². The van der Waals surface area contributed by atoms with Crippen LogP contribution in [0, 0.1) is 0 Å². The fourth-order valence-corrected chi connectivity index (χ4v) is 11.0. The summed E-state index contributed by atoms with van der Waals surface area (Å²) in [7, 11) is 0. The molecule has 0 bridgehead atoms. The number of hydrogen-bond donors (Lipinski definition) is 19. The molecule has 0 saturated heterocycles. The van der Waals surface area contributed by atoms with Gasteiger partial charge in [-0.25, -0.2) is 9.59 Å². The van der Waals surface area contributed by atoms with E-state index in [4.69, 9.17) is 23.7 Å². The van der Waals surface area contributed by atoms with Crippen molar-refractivity contribution in [2.75, 3.05) is 0 Å². The molecule has 0 fully saturated rings. The number of carbonyl (C=O) groups excluding carboxylic acids is 2. The van der Waals surface area contributed by atoms with E-state index in [9.17, 15) is 107 Å². The van der Waals surface area contributed by atoms with E-state index in [0.29, 0.717) is 18.2 Å². The molecule has 0 amide bonds. The van der Waals surface area contributed by atoms with Crippen LogP contribution in [0.3, 0.4) is 0 Å². The van der Waals surface area contributed by atoms with Gasteiger partial charge >= 0.3 is 11.9 Å². The monoisotopic (exact) mass is 1170 g/mol. The summed E-state index contributed by atoms with van der Waals surface area (Å²) in [5, 5.41) is 210. The van der Waals surface area contributed by atoms with E-state index in [1.165, 1.54) is 12.1 Å². The quantitative estimate of drug-likeness (QED) is 0.0548. The van der Waals surface area contributed by atoms with Crippen LogP contribution >= 0.6 is 0 Å². The molecular weight excluding hydrogens is 1120 g/mol. The number of benzene rings is 8. The molecule has 0 aromatic heterocycles. The highest BCUT2D eigenvalue weighted by atomic mass is 16.6. The van der Waals surface area contributed by atoms with Gasteiger partial charge in [0.1, 0.15) is 64.0 Å². The lowest BCUT2D eigenvalue weighted by Gasteiger charge is -2.43. The average molecular weight is 1170 g/mol. The van der Waals surface area contributed by atoms with Crippen molar-refractivity contribution in [3.8, 4) is 121 Å². The molecule has 26 nitrogen and oxygen atoms in total. The molecule has 8 aromatic rings. The number of aliphatic hydroxyl groups excluding tert-OH is 1. The predicted molar refractivity (Wildman–Crippen MR) is 283 cm³/mol. The Hall–Kier alpha value is -11.5. The molecule has 0 radical (unpaired) electrons. The van der Waals surface area contributed by atoms with Gasteiger partial charge in [-0.05, 0) is 66.2 Å². The Morgan fingerprint density at radius 1 is 0.376 bits per heavy atom. The molecule has 0 unspecified atom stereocenters. The van der Waals surface area contributed by atoms with Gasteiger partial charge in [0.25, 0.3) is 0 Å². The minimum Gasteiger partial charge on any atom is -0.508 e. The smallest absolute Gasteiger partial charge is 0.338 e. The van der Waals surface area contributed by atoms with E-state index in [1.54, 1.807) is 0 Å². The number of hydrogen-bond acceptors (Lipinski definition) is 26. The summed E-state index contributed by atoms with van der Waals surface area (Å²) in [5.74, 6) is -23.4. The van der Waals surface area contributed by atoms with Crippen molar-refractivity contribution >= 4 is 11.9 Å². The minimum atomic E-state index is -2.16. The molecule has 85 heavy (non-hydrogen) atoms. The maximum Gasteiger partial charge on any atom is 0.338 e. The van der Waals surface area contributed by atoms with Gasteiger partial charge in [-0.15, -0.1) is 0 Å². The summed E-state index contributed by atoms with van der Waals surface area (Å²) in [6, 6.07) is 16.0.